The zero-order valence-corrected chi connectivity index (χ0v) is 20.6. The second kappa shape index (κ2) is 11.5. The van der Waals surface area contributed by atoms with Crippen LogP contribution < -0.4 is 20.1 Å². The van der Waals surface area contributed by atoms with E-state index in [9.17, 15) is 14.1 Å². The van der Waals surface area contributed by atoms with Gasteiger partial charge in [-0.15, -0.1) is 0 Å². The van der Waals surface area contributed by atoms with Crippen LogP contribution in [0.3, 0.4) is 0 Å². The van der Waals surface area contributed by atoms with Crippen LogP contribution in [0.4, 0.5) is 22.2 Å². The first-order valence-corrected chi connectivity index (χ1v) is 12.6. The summed E-state index contributed by atoms with van der Waals surface area (Å²) in [6.07, 6.45) is 0.859. The Labute approximate surface area is 204 Å². The lowest BCUT2D eigenvalue weighted by atomic mass is 10.1. The SMILES string of the molecule is C=S(=O)(NC(=O)OCC)c1cccc(Nc2ncc(-c3ccc(OC)cc3)c(N[C@H](C)CO)n2)c1. The Kier molecular flexibility index (Phi) is 8.50. The number of nitrogens with one attached hydrogen (secondary N) is 3. The zero-order chi connectivity index (χ0) is 25.4. The monoisotopic (exact) mass is 499 g/mol. The molecule has 2 aromatic carbocycles. The normalized spacial score (nSPS) is 13.3. The van der Waals surface area contributed by atoms with Gasteiger partial charge >= 0.3 is 6.09 Å². The van der Waals surface area contributed by atoms with Crippen molar-refractivity contribution in [1.29, 1.82) is 0 Å². The summed E-state index contributed by atoms with van der Waals surface area (Å²) in [7, 11) is -1.53. The molecule has 11 heteroatoms. The topological polar surface area (TPSA) is 135 Å². The highest BCUT2D eigenvalue weighted by Gasteiger charge is 2.15. The molecular formula is C24H29N5O5S. The Hall–Kier alpha value is -3.83. The molecule has 186 valence electrons. The van der Waals surface area contributed by atoms with Crippen molar-refractivity contribution in [3.63, 3.8) is 0 Å². The first-order valence-electron chi connectivity index (χ1n) is 10.8. The van der Waals surface area contributed by atoms with Gasteiger partial charge in [0, 0.05) is 23.5 Å². The summed E-state index contributed by atoms with van der Waals surface area (Å²) < 4.78 is 25.2. The van der Waals surface area contributed by atoms with Crippen molar-refractivity contribution in [3.05, 3.63) is 54.7 Å². The van der Waals surface area contributed by atoms with Gasteiger partial charge in [0.1, 0.15) is 11.6 Å². The maximum absolute atomic E-state index is 12.9. The van der Waals surface area contributed by atoms with Crippen LogP contribution in [0.15, 0.2) is 59.6 Å². The molecule has 35 heavy (non-hydrogen) atoms. The number of ether oxygens (including phenoxy) is 2. The van der Waals surface area contributed by atoms with Crippen molar-refractivity contribution >= 4 is 39.1 Å². The Balaban J connectivity index is 1.89. The summed E-state index contributed by atoms with van der Waals surface area (Å²) in [6, 6.07) is 13.8. The third kappa shape index (κ3) is 6.84. The molecule has 10 nitrogen and oxygen atoms in total. The number of carbonyl (C=O) groups excluding carboxylic acids is 1. The van der Waals surface area contributed by atoms with E-state index in [1.165, 1.54) is 0 Å². The lowest BCUT2D eigenvalue weighted by Gasteiger charge is -2.17. The smallest absolute Gasteiger partial charge is 0.418 e. The van der Waals surface area contributed by atoms with Gasteiger partial charge in [-0.2, -0.15) is 4.98 Å². The average Bonchev–Trinajstić information content (AvgIpc) is 2.84. The maximum Gasteiger partial charge on any atom is 0.418 e. The van der Waals surface area contributed by atoms with Gasteiger partial charge in [0.25, 0.3) is 0 Å². The van der Waals surface area contributed by atoms with Gasteiger partial charge < -0.3 is 25.2 Å². The summed E-state index contributed by atoms with van der Waals surface area (Å²) in [4.78, 5) is 21.0. The van der Waals surface area contributed by atoms with E-state index in [0.29, 0.717) is 16.4 Å². The van der Waals surface area contributed by atoms with Crippen molar-refractivity contribution < 1.29 is 23.6 Å². The van der Waals surface area contributed by atoms with Gasteiger partial charge in [-0.05, 0) is 55.6 Å². The summed E-state index contributed by atoms with van der Waals surface area (Å²) in [5, 5.41) is 15.8. The van der Waals surface area contributed by atoms with Crippen LogP contribution in [-0.4, -0.2) is 57.6 Å². The molecule has 4 N–H and O–H groups in total. The number of aromatic nitrogens is 2. The van der Waals surface area contributed by atoms with Crippen LogP contribution in [-0.2, 0) is 14.4 Å². The van der Waals surface area contributed by atoms with E-state index >= 15 is 0 Å². The number of benzene rings is 2. The van der Waals surface area contributed by atoms with E-state index in [1.807, 2.05) is 31.2 Å². The first kappa shape index (κ1) is 25.8. The van der Waals surface area contributed by atoms with Crippen molar-refractivity contribution in [1.82, 2.24) is 14.7 Å². The maximum atomic E-state index is 12.9. The van der Waals surface area contributed by atoms with Crippen LogP contribution >= 0.6 is 0 Å². The number of carbonyl (C=O) groups is 1. The molecule has 0 aliphatic carbocycles. The van der Waals surface area contributed by atoms with Gasteiger partial charge in [0.05, 0.1) is 34.9 Å². The average molecular weight is 500 g/mol. The lowest BCUT2D eigenvalue weighted by molar-refractivity contribution is 0.159. The minimum atomic E-state index is -3.13. The Bertz CT molecular complexity index is 1270. The molecule has 1 heterocycles. The van der Waals surface area contributed by atoms with Crippen LogP contribution in [0.25, 0.3) is 11.1 Å². The van der Waals surface area contributed by atoms with Crippen LogP contribution in [0.2, 0.25) is 0 Å². The molecule has 3 aromatic rings. The molecule has 0 fully saturated rings. The second-order valence-corrected chi connectivity index (χ2v) is 9.59. The van der Waals surface area contributed by atoms with E-state index < -0.39 is 15.8 Å². The number of anilines is 3. The molecule has 0 spiro atoms. The number of amides is 1. The standard InChI is InChI=1S/C24H29N5O5S/c1-5-34-24(31)29-35(4,32)20-8-6-7-18(13-20)27-23-25-14-21(22(28-23)26-16(2)15-30)17-9-11-19(33-3)12-10-17/h6-14,16,30H,4-5,15H2,1-3H3,(H,29,31,32)(H2,25,26,27,28)/t16-,35?/m1/s1. The highest BCUT2D eigenvalue weighted by atomic mass is 32.2. The molecule has 1 aromatic heterocycles. The van der Waals surface area contributed by atoms with Gasteiger partial charge in [0.15, 0.2) is 0 Å². The number of aliphatic hydroxyl groups excluding tert-OH is 1. The summed E-state index contributed by atoms with van der Waals surface area (Å²) in [5.74, 6) is 5.17. The summed E-state index contributed by atoms with van der Waals surface area (Å²) in [6.45, 7) is 3.55. The zero-order valence-electron chi connectivity index (χ0n) is 19.8. The number of hydrogen-bond donors (Lipinski definition) is 4. The minimum Gasteiger partial charge on any atom is -0.497 e. The van der Waals surface area contributed by atoms with E-state index in [4.69, 9.17) is 9.47 Å². The van der Waals surface area contributed by atoms with Crippen LogP contribution in [0.1, 0.15) is 13.8 Å². The predicted molar refractivity (Wildman–Crippen MR) is 138 cm³/mol. The number of hydrogen-bond acceptors (Lipinski definition) is 9. The third-order valence-electron chi connectivity index (χ3n) is 4.84. The number of aliphatic hydroxyl groups is 1. The molecule has 0 saturated heterocycles. The highest BCUT2D eigenvalue weighted by Crippen LogP contribution is 2.29. The fraction of sp³-hybridized carbons (Fsp3) is 0.250. The van der Waals surface area contributed by atoms with Crippen molar-refractivity contribution in [2.75, 3.05) is 31.0 Å². The van der Waals surface area contributed by atoms with Crippen molar-refractivity contribution in [2.24, 2.45) is 0 Å². The van der Waals surface area contributed by atoms with Gasteiger partial charge in [-0.1, -0.05) is 18.2 Å². The Morgan fingerprint density at radius 1 is 1.23 bits per heavy atom. The molecule has 1 unspecified atom stereocenters. The van der Waals surface area contributed by atoms with E-state index in [2.05, 4.69) is 31.2 Å². The Morgan fingerprint density at radius 2 is 1.97 bits per heavy atom. The molecular weight excluding hydrogens is 470 g/mol. The largest absolute Gasteiger partial charge is 0.497 e. The first-order chi connectivity index (χ1) is 16.7. The van der Waals surface area contributed by atoms with E-state index in [0.717, 1.165) is 16.9 Å². The van der Waals surface area contributed by atoms with E-state index in [-0.39, 0.29) is 25.2 Å². The van der Waals surface area contributed by atoms with E-state index in [1.54, 1.807) is 44.5 Å². The fourth-order valence-electron chi connectivity index (χ4n) is 3.08. The third-order valence-corrected chi connectivity index (χ3v) is 6.35. The predicted octanol–water partition coefficient (Wildman–Crippen LogP) is 3.42. The molecule has 0 radical (unpaired) electrons. The van der Waals surface area contributed by atoms with Gasteiger partial charge in [-0.3, -0.25) is 0 Å². The molecule has 3 rings (SSSR count). The van der Waals surface area contributed by atoms with Crippen molar-refractivity contribution in [2.45, 2.75) is 24.8 Å². The number of methoxy groups -OCH3 is 1. The van der Waals surface area contributed by atoms with Crippen LogP contribution in [0, 0.1) is 0 Å². The molecule has 2 atom stereocenters. The molecule has 1 amide bonds. The molecule has 0 bridgehead atoms. The number of nitrogens with zero attached hydrogens (tertiary/aromatic N) is 2. The minimum absolute atomic E-state index is 0.0812. The highest BCUT2D eigenvalue weighted by molar-refractivity contribution is 7.99. The lowest BCUT2D eigenvalue weighted by Crippen LogP contribution is -2.31. The van der Waals surface area contributed by atoms with Crippen molar-refractivity contribution in [3.8, 4) is 16.9 Å². The Morgan fingerprint density at radius 3 is 2.63 bits per heavy atom. The fourth-order valence-corrected chi connectivity index (χ4v) is 4.14. The van der Waals surface area contributed by atoms with Crippen LogP contribution in [0.5, 0.6) is 5.75 Å². The second-order valence-electron chi connectivity index (χ2n) is 7.56. The van der Waals surface area contributed by atoms with Gasteiger partial charge in [0.2, 0.25) is 5.95 Å². The quantitative estimate of drug-likeness (QED) is 0.309. The number of rotatable bonds is 10. The molecule has 0 aliphatic rings. The molecule has 0 aliphatic heterocycles. The van der Waals surface area contributed by atoms with Gasteiger partial charge in [-0.25, -0.2) is 18.7 Å². The summed E-state index contributed by atoms with van der Waals surface area (Å²) >= 11 is 0. The molecule has 0 saturated carbocycles. The summed E-state index contributed by atoms with van der Waals surface area (Å²) in [5.41, 5.74) is 2.16.